The minimum Gasteiger partial charge on any atom is -0.379 e. The molecular formula is C12H18ClNO2. The molecule has 16 heavy (non-hydrogen) atoms. The van der Waals surface area contributed by atoms with Gasteiger partial charge in [-0.1, -0.05) is 17.7 Å². The third-order valence-electron chi connectivity index (χ3n) is 2.42. The van der Waals surface area contributed by atoms with Gasteiger partial charge in [0.1, 0.15) is 5.15 Å². The van der Waals surface area contributed by atoms with Crippen LogP contribution in [0.2, 0.25) is 5.15 Å². The Labute approximate surface area is 102 Å². The van der Waals surface area contributed by atoms with Crippen LogP contribution < -0.4 is 0 Å². The first kappa shape index (κ1) is 13.4. The highest BCUT2D eigenvalue weighted by molar-refractivity contribution is 6.29. The minimum atomic E-state index is -0.137. The molecule has 1 heterocycles. The highest BCUT2D eigenvalue weighted by Gasteiger charge is 2.15. The maximum Gasteiger partial charge on any atom is 0.129 e. The second-order valence-corrected chi connectivity index (χ2v) is 4.61. The minimum absolute atomic E-state index is 0.137. The van der Waals surface area contributed by atoms with Gasteiger partial charge >= 0.3 is 0 Å². The molecule has 0 radical (unpaired) electrons. The molecule has 1 rings (SSSR count). The summed E-state index contributed by atoms with van der Waals surface area (Å²) in [5, 5.41) is 0.498. The van der Waals surface area contributed by atoms with Crippen LogP contribution >= 0.6 is 11.6 Å². The molecule has 0 amide bonds. The van der Waals surface area contributed by atoms with Crippen molar-refractivity contribution in [2.45, 2.75) is 32.5 Å². The van der Waals surface area contributed by atoms with E-state index in [1.807, 2.05) is 26.0 Å². The summed E-state index contributed by atoms with van der Waals surface area (Å²) in [6, 6.07) is 5.51. The molecule has 0 saturated heterocycles. The molecule has 0 N–H and O–H groups in total. The molecule has 0 bridgehead atoms. The van der Waals surface area contributed by atoms with Crippen molar-refractivity contribution < 1.29 is 9.47 Å². The van der Waals surface area contributed by atoms with Gasteiger partial charge in [-0.15, -0.1) is 0 Å². The van der Waals surface area contributed by atoms with Gasteiger partial charge in [0.25, 0.3) is 0 Å². The van der Waals surface area contributed by atoms with Crippen LogP contribution in [0.3, 0.4) is 0 Å². The van der Waals surface area contributed by atoms with Crippen LogP contribution in [-0.2, 0) is 16.1 Å². The Morgan fingerprint density at radius 3 is 2.75 bits per heavy atom. The second-order valence-electron chi connectivity index (χ2n) is 4.22. The highest BCUT2D eigenvalue weighted by atomic mass is 35.5. The number of nitrogens with zero attached hydrogens (tertiary/aromatic N) is 1. The van der Waals surface area contributed by atoms with E-state index in [4.69, 9.17) is 21.1 Å². The number of rotatable bonds is 6. The maximum absolute atomic E-state index is 5.77. The molecule has 0 aromatic carbocycles. The number of pyridine rings is 1. The van der Waals surface area contributed by atoms with Gasteiger partial charge in [-0.3, -0.25) is 0 Å². The first-order valence-corrected chi connectivity index (χ1v) is 5.66. The predicted octanol–water partition coefficient (Wildman–Crippen LogP) is 3.07. The fraction of sp³-hybridized carbons (Fsp3) is 0.583. The molecule has 90 valence electrons. The van der Waals surface area contributed by atoms with Crippen molar-refractivity contribution in [2.75, 3.05) is 13.7 Å². The Morgan fingerprint density at radius 1 is 1.38 bits per heavy atom. The van der Waals surface area contributed by atoms with E-state index in [0.717, 1.165) is 12.1 Å². The van der Waals surface area contributed by atoms with Crippen LogP contribution in [0.4, 0.5) is 0 Å². The lowest BCUT2D eigenvalue weighted by molar-refractivity contribution is -0.0128. The van der Waals surface area contributed by atoms with E-state index in [2.05, 4.69) is 4.98 Å². The summed E-state index contributed by atoms with van der Waals surface area (Å²) in [7, 11) is 1.71. The third-order valence-corrected chi connectivity index (χ3v) is 2.63. The number of halogens is 1. The van der Waals surface area contributed by atoms with Crippen molar-refractivity contribution in [2.24, 2.45) is 0 Å². The molecule has 0 fully saturated rings. The normalized spacial score (nSPS) is 11.8. The van der Waals surface area contributed by atoms with Crippen molar-refractivity contribution in [1.29, 1.82) is 0 Å². The van der Waals surface area contributed by atoms with E-state index in [0.29, 0.717) is 18.4 Å². The summed E-state index contributed by atoms with van der Waals surface area (Å²) in [5.41, 5.74) is 0.713. The Kier molecular flexibility index (Phi) is 5.19. The standard InChI is InChI=1S/C12H18ClNO2/c1-12(2,15-3)7-8-16-9-10-5-4-6-11(13)14-10/h4-6H,7-9H2,1-3H3. The van der Waals surface area contributed by atoms with Crippen molar-refractivity contribution in [3.63, 3.8) is 0 Å². The average molecular weight is 244 g/mol. The van der Waals surface area contributed by atoms with Gasteiger partial charge in [0.05, 0.1) is 17.9 Å². The molecule has 0 aliphatic carbocycles. The van der Waals surface area contributed by atoms with Gasteiger partial charge in [0.2, 0.25) is 0 Å². The Morgan fingerprint density at radius 2 is 2.12 bits per heavy atom. The predicted molar refractivity (Wildman–Crippen MR) is 64.6 cm³/mol. The zero-order chi connectivity index (χ0) is 12.0. The highest BCUT2D eigenvalue weighted by Crippen LogP contribution is 2.13. The zero-order valence-electron chi connectivity index (χ0n) is 10.00. The molecule has 3 nitrogen and oxygen atoms in total. The van der Waals surface area contributed by atoms with Crippen LogP contribution in [-0.4, -0.2) is 24.3 Å². The maximum atomic E-state index is 5.77. The Balaban J connectivity index is 2.26. The fourth-order valence-corrected chi connectivity index (χ4v) is 1.31. The lowest BCUT2D eigenvalue weighted by Gasteiger charge is -2.22. The summed E-state index contributed by atoms with van der Waals surface area (Å²) < 4.78 is 10.8. The topological polar surface area (TPSA) is 31.4 Å². The summed E-state index contributed by atoms with van der Waals surface area (Å²) >= 11 is 5.77. The summed E-state index contributed by atoms with van der Waals surface area (Å²) in [4.78, 5) is 4.14. The van der Waals surface area contributed by atoms with Crippen molar-refractivity contribution >= 4 is 11.6 Å². The van der Waals surface area contributed by atoms with E-state index in [1.54, 1.807) is 13.2 Å². The van der Waals surface area contributed by atoms with Gasteiger partial charge in [-0.2, -0.15) is 0 Å². The summed E-state index contributed by atoms with van der Waals surface area (Å²) in [5.74, 6) is 0. The zero-order valence-corrected chi connectivity index (χ0v) is 10.8. The van der Waals surface area contributed by atoms with E-state index >= 15 is 0 Å². The molecular weight excluding hydrogens is 226 g/mol. The SMILES string of the molecule is COC(C)(C)CCOCc1cccc(Cl)n1. The number of ether oxygens (including phenoxy) is 2. The van der Waals surface area contributed by atoms with Gasteiger partial charge in [0, 0.05) is 13.7 Å². The second kappa shape index (κ2) is 6.18. The van der Waals surface area contributed by atoms with Crippen LogP contribution in [0.5, 0.6) is 0 Å². The molecule has 4 heteroatoms. The van der Waals surface area contributed by atoms with Gasteiger partial charge in [-0.05, 0) is 32.4 Å². The van der Waals surface area contributed by atoms with Gasteiger partial charge < -0.3 is 9.47 Å². The number of hydrogen-bond donors (Lipinski definition) is 0. The van der Waals surface area contributed by atoms with Gasteiger partial charge in [0.15, 0.2) is 0 Å². The molecule has 0 spiro atoms. The van der Waals surface area contributed by atoms with Gasteiger partial charge in [-0.25, -0.2) is 4.98 Å². The molecule has 0 unspecified atom stereocenters. The summed E-state index contributed by atoms with van der Waals surface area (Å²) in [6.45, 7) is 5.21. The molecule has 1 aromatic heterocycles. The van der Waals surface area contributed by atoms with Crippen LogP contribution in [0.25, 0.3) is 0 Å². The average Bonchev–Trinajstić information content (AvgIpc) is 2.25. The fourth-order valence-electron chi connectivity index (χ4n) is 1.13. The number of aromatic nitrogens is 1. The molecule has 0 saturated carbocycles. The van der Waals surface area contributed by atoms with E-state index in [9.17, 15) is 0 Å². The lowest BCUT2D eigenvalue weighted by atomic mass is 10.1. The van der Waals surface area contributed by atoms with E-state index in [1.165, 1.54) is 0 Å². The van der Waals surface area contributed by atoms with E-state index in [-0.39, 0.29) is 5.60 Å². The van der Waals surface area contributed by atoms with Crippen LogP contribution in [0.1, 0.15) is 26.0 Å². The molecule has 0 aliphatic heterocycles. The largest absolute Gasteiger partial charge is 0.379 e. The Hall–Kier alpha value is -0.640. The molecule has 0 aliphatic rings. The van der Waals surface area contributed by atoms with Crippen molar-refractivity contribution in [1.82, 2.24) is 4.98 Å². The smallest absolute Gasteiger partial charge is 0.129 e. The third kappa shape index (κ3) is 4.92. The number of hydrogen-bond acceptors (Lipinski definition) is 3. The monoisotopic (exact) mass is 243 g/mol. The van der Waals surface area contributed by atoms with Crippen LogP contribution in [0.15, 0.2) is 18.2 Å². The quantitative estimate of drug-likeness (QED) is 0.568. The first-order valence-electron chi connectivity index (χ1n) is 5.28. The first-order chi connectivity index (χ1) is 7.53. The van der Waals surface area contributed by atoms with E-state index < -0.39 is 0 Å². The van der Waals surface area contributed by atoms with Crippen molar-refractivity contribution in [3.05, 3.63) is 29.0 Å². The lowest BCUT2D eigenvalue weighted by Crippen LogP contribution is -2.24. The Bertz CT molecular complexity index is 329. The molecule has 1 aromatic rings. The van der Waals surface area contributed by atoms with Crippen LogP contribution in [0, 0.1) is 0 Å². The summed E-state index contributed by atoms with van der Waals surface area (Å²) in [6.07, 6.45) is 0.851. The van der Waals surface area contributed by atoms with Crippen molar-refractivity contribution in [3.8, 4) is 0 Å². The molecule has 0 atom stereocenters. The number of methoxy groups -OCH3 is 1.